The van der Waals surface area contributed by atoms with E-state index in [1.165, 1.54) is 6.07 Å². The van der Waals surface area contributed by atoms with Crippen LogP contribution in [0.2, 0.25) is 0 Å². The van der Waals surface area contributed by atoms with Gasteiger partial charge in [-0.1, -0.05) is 18.2 Å². The van der Waals surface area contributed by atoms with Crippen molar-refractivity contribution in [1.29, 1.82) is 0 Å². The van der Waals surface area contributed by atoms with Crippen molar-refractivity contribution in [1.82, 2.24) is 0 Å². The number of nitrogens with zero attached hydrogens (tertiary/aromatic N) is 1. The maximum Gasteiger partial charge on any atom is 0.291 e. The summed E-state index contributed by atoms with van der Waals surface area (Å²) < 4.78 is 11.3. The predicted octanol–water partition coefficient (Wildman–Crippen LogP) is 4.34. The van der Waals surface area contributed by atoms with Gasteiger partial charge in [0.1, 0.15) is 23.9 Å². The van der Waals surface area contributed by atoms with Gasteiger partial charge in [0.2, 0.25) is 0 Å². The zero-order valence-corrected chi connectivity index (χ0v) is 15.3. The molecule has 8 nitrogen and oxygen atoms in total. The molecule has 0 bridgehead atoms. The average molecular weight is 382 g/mol. The van der Waals surface area contributed by atoms with Gasteiger partial charge in [0, 0.05) is 12.1 Å². The number of ether oxygens (including phenoxy) is 1. The third-order valence-corrected chi connectivity index (χ3v) is 4.09. The predicted molar refractivity (Wildman–Crippen MR) is 102 cm³/mol. The molecule has 0 aliphatic carbocycles. The summed E-state index contributed by atoms with van der Waals surface area (Å²) >= 11 is 0. The number of aromatic hydroxyl groups is 1. The van der Waals surface area contributed by atoms with Gasteiger partial charge in [0.05, 0.1) is 10.6 Å². The van der Waals surface area contributed by atoms with E-state index in [0.717, 1.165) is 35.1 Å². The summed E-state index contributed by atoms with van der Waals surface area (Å²) in [6.07, 6.45) is 0. The van der Waals surface area contributed by atoms with Crippen molar-refractivity contribution in [3.63, 3.8) is 0 Å². The number of rotatable bonds is 6. The molecule has 0 unspecified atom stereocenters. The van der Waals surface area contributed by atoms with Crippen molar-refractivity contribution < 1.29 is 24.0 Å². The number of hydrogen-bond acceptors (Lipinski definition) is 6. The first-order valence-corrected chi connectivity index (χ1v) is 8.41. The minimum absolute atomic E-state index is 0.00832. The average Bonchev–Trinajstić information content (AvgIpc) is 3.12. The monoisotopic (exact) mass is 382 g/mol. The number of non-ortho nitro benzene ring substituents is 1. The number of nitro groups is 1. The lowest BCUT2D eigenvalue weighted by atomic mass is 10.1. The van der Waals surface area contributed by atoms with Crippen LogP contribution in [0.3, 0.4) is 0 Å². The number of carbonyl (C=O) groups is 1. The van der Waals surface area contributed by atoms with Crippen LogP contribution in [-0.2, 0) is 6.61 Å². The van der Waals surface area contributed by atoms with E-state index in [1.54, 1.807) is 6.07 Å². The van der Waals surface area contributed by atoms with Crippen LogP contribution in [-0.4, -0.2) is 15.9 Å². The van der Waals surface area contributed by atoms with Crippen LogP contribution in [0.15, 0.2) is 52.9 Å². The van der Waals surface area contributed by atoms with Crippen LogP contribution in [0.25, 0.3) is 0 Å². The van der Waals surface area contributed by atoms with E-state index in [2.05, 4.69) is 5.32 Å². The van der Waals surface area contributed by atoms with Crippen molar-refractivity contribution in [2.24, 2.45) is 0 Å². The van der Waals surface area contributed by atoms with Gasteiger partial charge in [0.15, 0.2) is 5.76 Å². The highest BCUT2D eigenvalue weighted by Crippen LogP contribution is 2.28. The summed E-state index contributed by atoms with van der Waals surface area (Å²) in [6, 6.07) is 12.2. The Morgan fingerprint density at radius 3 is 2.57 bits per heavy atom. The molecule has 0 atom stereocenters. The van der Waals surface area contributed by atoms with Gasteiger partial charge in [0.25, 0.3) is 11.6 Å². The molecule has 0 saturated heterocycles. The molecular weight excluding hydrogens is 364 g/mol. The number of nitro benzene ring substituents is 1. The molecule has 0 aliphatic heterocycles. The number of nitrogens with one attached hydrogen (secondary N) is 1. The number of furan rings is 1. The Balaban J connectivity index is 1.69. The Hall–Kier alpha value is -3.81. The van der Waals surface area contributed by atoms with E-state index in [9.17, 15) is 20.0 Å². The highest BCUT2D eigenvalue weighted by Gasteiger charge is 2.16. The molecule has 8 heteroatoms. The molecule has 2 aromatic carbocycles. The van der Waals surface area contributed by atoms with Gasteiger partial charge < -0.3 is 19.6 Å². The maximum absolute atomic E-state index is 12.3. The van der Waals surface area contributed by atoms with Gasteiger partial charge in [-0.3, -0.25) is 14.9 Å². The number of anilines is 1. The molecule has 0 saturated carbocycles. The lowest BCUT2D eigenvalue weighted by Crippen LogP contribution is -2.11. The summed E-state index contributed by atoms with van der Waals surface area (Å²) in [5.41, 5.74) is 1.65. The van der Waals surface area contributed by atoms with Crippen LogP contribution >= 0.6 is 0 Å². The SMILES string of the molecule is Cc1cccc(C)c1OCc1ccc(C(=O)Nc2cc([N+](=O)[O-])ccc2O)o1. The summed E-state index contributed by atoms with van der Waals surface area (Å²) in [7, 11) is 0. The lowest BCUT2D eigenvalue weighted by Gasteiger charge is -2.10. The number of phenols is 1. The van der Waals surface area contributed by atoms with Gasteiger partial charge >= 0.3 is 0 Å². The number of hydrogen-bond donors (Lipinski definition) is 2. The number of carbonyl (C=O) groups excluding carboxylic acids is 1. The molecule has 2 N–H and O–H groups in total. The maximum atomic E-state index is 12.3. The van der Waals surface area contributed by atoms with Gasteiger partial charge in [-0.25, -0.2) is 0 Å². The molecule has 1 amide bonds. The number of benzene rings is 2. The second-order valence-corrected chi connectivity index (χ2v) is 6.19. The minimum Gasteiger partial charge on any atom is -0.506 e. The molecule has 144 valence electrons. The fourth-order valence-corrected chi connectivity index (χ4v) is 2.67. The van der Waals surface area contributed by atoms with Gasteiger partial charge in [-0.05, 0) is 43.2 Å². The van der Waals surface area contributed by atoms with Crippen LogP contribution in [0.5, 0.6) is 11.5 Å². The molecule has 28 heavy (non-hydrogen) atoms. The van der Waals surface area contributed by atoms with E-state index in [4.69, 9.17) is 9.15 Å². The number of para-hydroxylation sites is 1. The van der Waals surface area contributed by atoms with Crippen molar-refractivity contribution in [2.45, 2.75) is 20.5 Å². The van der Waals surface area contributed by atoms with E-state index < -0.39 is 10.8 Å². The smallest absolute Gasteiger partial charge is 0.291 e. The first-order valence-electron chi connectivity index (χ1n) is 8.41. The third-order valence-electron chi connectivity index (χ3n) is 4.09. The van der Waals surface area contributed by atoms with E-state index in [1.807, 2.05) is 32.0 Å². The third kappa shape index (κ3) is 4.12. The number of aryl methyl sites for hydroxylation is 2. The highest BCUT2D eigenvalue weighted by molar-refractivity contribution is 6.03. The van der Waals surface area contributed by atoms with Crippen LogP contribution in [0.4, 0.5) is 11.4 Å². The van der Waals surface area contributed by atoms with Crippen molar-refractivity contribution >= 4 is 17.3 Å². The Morgan fingerprint density at radius 1 is 1.18 bits per heavy atom. The molecule has 1 heterocycles. The highest BCUT2D eigenvalue weighted by atomic mass is 16.6. The van der Waals surface area contributed by atoms with E-state index >= 15 is 0 Å². The summed E-state index contributed by atoms with van der Waals surface area (Å²) in [5, 5.41) is 23.0. The Bertz CT molecular complexity index is 1020. The summed E-state index contributed by atoms with van der Waals surface area (Å²) in [6.45, 7) is 4.02. The fraction of sp³-hybridized carbons (Fsp3) is 0.150. The Kier molecular flexibility index (Phi) is 5.30. The first kappa shape index (κ1) is 19.0. The van der Waals surface area contributed by atoms with Crippen LogP contribution in [0, 0.1) is 24.0 Å². The summed E-state index contributed by atoms with van der Waals surface area (Å²) in [5.74, 6) is 0.256. The van der Waals surface area contributed by atoms with Crippen LogP contribution in [0.1, 0.15) is 27.4 Å². The van der Waals surface area contributed by atoms with Gasteiger partial charge in [-0.15, -0.1) is 0 Å². The van der Waals surface area contributed by atoms with Gasteiger partial charge in [-0.2, -0.15) is 0 Å². The second-order valence-electron chi connectivity index (χ2n) is 6.19. The lowest BCUT2D eigenvalue weighted by molar-refractivity contribution is -0.384. The quantitative estimate of drug-likeness (QED) is 0.372. The normalized spacial score (nSPS) is 10.5. The summed E-state index contributed by atoms with van der Waals surface area (Å²) in [4.78, 5) is 22.5. The van der Waals surface area contributed by atoms with E-state index in [0.29, 0.717) is 5.76 Å². The minimum atomic E-state index is -0.644. The largest absolute Gasteiger partial charge is 0.506 e. The molecule has 3 rings (SSSR count). The molecule has 0 fully saturated rings. The van der Waals surface area contributed by atoms with Crippen molar-refractivity contribution in [3.05, 3.63) is 81.3 Å². The zero-order chi connectivity index (χ0) is 20.3. The fourth-order valence-electron chi connectivity index (χ4n) is 2.67. The first-order chi connectivity index (χ1) is 13.3. The number of phenolic OH excluding ortho intramolecular Hbond substituents is 1. The van der Waals surface area contributed by atoms with Crippen molar-refractivity contribution in [3.8, 4) is 11.5 Å². The van der Waals surface area contributed by atoms with Crippen molar-refractivity contribution in [2.75, 3.05) is 5.32 Å². The Morgan fingerprint density at radius 2 is 1.89 bits per heavy atom. The molecule has 0 spiro atoms. The standard InChI is InChI=1S/C20H18N2O6/c1-12-4-3-5-13(2)19(12)27-11-15-7-9-18(28-15)20(24)21-16-10-14(22(25)26)6-8-17(16)23/h3-10,23H,11H2,1-2H3,(H,21,24). The molecule has 1 aromatic heterocycles. The topological polar surface area (TPSA) is 115 Å². The Labute approximate surface area is 160 Å². The molecule has 0 aliphatic rings. The zero-order valence-electron chi connectivity index (χ0n) is 15.3. The molecule has 0 radical (unpaired) electrons. The second kappa shape index (κ2) is 7.83. The molecule has 3 aromatic rings. The van der Waals surface area contributed by atoms with E-state index in [-0.39, 0.29) is 29.5 Å². The molecular formula is C20H18N2O6. The number of amides is 1. The van der Waals surface area contributed by atoms with Crippen LogP contribution < -0.4 is 10.1 Å².